The topological polar surface area (TPSA) is 88.7 Å². The minimum absolute atomic E-state index is 0.0304. The average molecular weight is 361 g/mol. The summed E-state index contributed by atoms with van der Waals surface area (Å²) >= 11 is 0. The van der Waals surface area contributed by atoms with Crippen LogP contribution in [-0.2, 0) is 11.3 Å². The Morgan fingerprint density at radius 1 is 1.04 bits per heavy atom. The summed E-state index contributed by atoms with van der Waals surface area (Å²) in [7, 11) is 0. The van der Waals surface area contributed by atoms with Crippen molar-refractivity contribution in [3.8, 4) is 11.5 Å². The number of carbonyl (C=O) groups is 2. The third-order valence-corrected chi connectivity index (χ3v) is 4.73. The molecular weight excluding hydrogens is 334 g/mol. The van der Waals surface area contributed by atoms with Gasteiger partial charge in [0.1, 0.15) is 0 Å². The van der Waals surface area contributed by atoms with Crippen LogP contribution in [0.4, 0.5) is 4.79 Å². The molecule has 0 bridgehead atoms. The largest absolute Gasteiger partial charge is 0.454 e. The second-order valence-electron chi connectivity index (χ2n) is 6.80. The maximum absolute atomic E-state index is 11.9. The van der Waals surface area contributed by atoms with E-state index in [-0.39, 0.29) is 18.7 Å². The zero-order valence-corrected chi connectivity index (χ0v) is 15.0. The summed E-state index contributed by atoms with van der Waals surface area (Å²) in [5.74, 6) is 1.42. The van der Waals surface area contributed by atoms with E-state index in [1.165, 1.54) is 19.3 Å². The van der Waals surface area contributed by atoms with E-state index in [1.54, 1.807) is 0 Å². The van der Waals surface area contributed by atoms with E-state index in [0.717, 1.165) is 24.2 Å². The van der Waals surface area contributed by atoms with Crippen LogP contribution in [0.15, 0.2) is 18.2 Å². The summed E-state index contributed by atoms with van der Waals surface area (Å²) in [5.41, 5.74) is 0.965. The van der Waals surface area contributed by atoms with Crippen LogP contribution >= 0.6 is 0 Å². The van der Waals surface area contributed by atoms with Crippen LogP contribution in [-0.4, -0.2) is 31.3 Å². The van der Waals surface area contributed by atoms with Gasteiger partial charge in [-0.15, -0.1) is 0 Å². The molecule has 2 aliphatic rings. The summed E-state index contributed by atoms with van der Waals surface area (Å²) < 4.78 is 10.6. The normalized spacial score (nSPS) is 16.2. The fourth-order valence-electron chi connectivity index (χ4n) is 3.27. The number of ether oxygens (including phenoxy) is 2. The van der Waals surface area contributed by atoms with Crippen LogP contribution < -0.4 is 25.4 Å². The first-order valence-corrected chi connectivity index (χ1v) is 9.40. The molecule has 1 aliphatic carbocycles. The van der Waals surface area contributed by atoms with Crippen molar-refractivity contribution in [3.63, 3.8) is 0 Å². The first-order chi connectivity index (χ1) is 12.7. The third-order valence-electron chi connectivity index (χ3n) is 4.73. The molecule has 142 valence electrons. The van der Waals surface area contributed by atoms with Crippen molar-refractivity contribution in [2.45, 2.75) is 57.5 Å². The number of hydrogen-bond acceptors (Lipinski definition) is 4. The molecule has 1 saturated carbocycles. The van der Waals surface area contributed by atoms with Crippen LogP contribution in [0.3, 0.4) is 0 Å². The number of fused-ring (bicyclic) bond motifs is 1. The van der Waals surface area contributed by atoms with Gasteiger partial charge in [-0.1, -0.05) is 25.3 Å². The lowest BCUT2D eigenvalue weighted by atomic mass is 9.96. The molecule has 0 saturated heterocycles. The van der Waals surface area contributed by atoms with Crippen molar-refractivity contribution in [3.05, 3.63) is 23.8 Å². The highest BCUT2D eigenvalue weighted by molar-refractivity contribution is 5.76. The van der Waals surface area contributed by atoms with Gasteiger partial charge in [-0.3, -0.25) is 4.79 Å². The van der Waals surface area contributed by atoms with Gasteiger partial charge in [0, 0.05) is 25.6 Å². The molecule has 7 nitrogen and oxygen atoms in total. The number of carbonyl (C=O) groups excluding carboxylic acids is 2. The Kier molecular flexibility index (Phi) is 6.57. The Balaban J connectivity index is 1.26. The highest BCUT2D eigenvalue weighted by Gasteiger charge is 2.15. The minimum Gasteiger partial charge on any atom is -0.454 e. The molecule has 1 aliphatic heterocycles. The van der Waals surface area contributed by atoms with Gasteiger partial charge in [-0.05, 0) is 37.0 Å². The van der Waals surface area contributed by atoms with Crippen molar-refractivity contribution in [2.75, 3.05) is 13.3 Å². The van der Waals surface area contributed by atoms with E-state index >= 15 is 0 Å². The van der Waals surface area contributed by atoms with Gasteiger partial charge >= 0.3 is 6.03 Å². The third kappa shape index (κ3) is 5.54. The average Bonchev–Trinajstić information content (AvgIpc) is 3.12. The fourth-order valence-corrected chi connectivity index (χ4v) is 3.27. The van der Waals surface area contributed by atoms with Crippen molar-refractivity contribution >= 4 is 11.9 Å². The molecule has 3 amide bonds. The second kappa shape index (κ2) is 9.31. The predicted molar refractivity (Wildman–Crippen MR) is 97.1 cm³/mol. The number of rotatable bonds is 7. The zero-order valence-electron chi connectivity index (χ0n) is 15.0. The Morgan fingerprint density at radius 3 is 2.69 bits per heavy atom. The van der Waals surface area contributed by atoms with Gasteiger partial charge in [0.25, 0.3) is 0 Å². The molecule has 0 aromatic heterocycles. The Labute approximate surface area is 153 Å². The van der Waals surface area contributed by atoms with Crippen LogP contribution in [0.1, 0.15) is 50.5 Å². The van der Waals surface area contributed by atoms with E-state index in [0.29, 0.717) is 37.7 Å². The number of urea groups is 1. The smallest absolute Gasteiger partial charge is 0.315 e. The number of amides is 3. The zero-order chi connectivity index (χ0) is 18.2. The molecule has 3 rings (SSSR count). The number of benzene rings is 1. The van der Waals surface area contributed by atoms with Crippen LogP contribution in [0.2, 0.25) is 0 Å². The maximum atomic E-state index is 11.9. The lowest BCUT2D eigenvalue weighted by molar-refractivity contribution is -0.121. The van der Waals surface area contributed by atoms with Crippen molar-refractivity contribution < 1.29 is 19.1 Å². The summed E-state index contributed by atoms with van der Waals surface area (Å²) in [4.78, 5) is 23.7. The molecule has 0 unspecified atom stereocenters. The molecule has 7 heteroatoms. The first-order valence-electron chi connectivity index (χ1n) is 9.40. The van der Waals surface area contributed by atoms with E-state index in [1.807, 2.05) is 18.2 Å². The fraction of sp³-hybridized carbons (Fsp3) is 0.579. The van der Waals surface area contributed by atoms with Crippen molar-refractivity contribution in [1.29, 1.82) is 0 Å². The van der Waals surface area contributed by atoms with Crippen LogP contribution in [0, 0.1) is 0 Å². The highest BCUT2D eigenvalue weighted by atomic mass is 16.7. The molecule has 1 aromatic carbocycles. The lowest BCUT2D eigenvalue weighted by Gasteiger charge is -2.22. The summed E-state index contributed by atoms with van der Waals surface area (Å²) in [6, 6.07) is 5.80. The van der Waals surface area contributed by atoms with Gasteiger partial charge in [0.15, 0.2) is 11.5 Å². The number of hydrogen-bond donors (Lipinski definition) is 3. The summed E-state index contributed by atoms with van der Waals surface area (Å²) in [6.07, 6.45) is 6.77. The quantitative estimate of drug-likeness (QED) is 0.651. The Bertz CT molecular complexity index is 629. The van der Waals surface area contributed by atoms with Gasteiger partial charge < -0.3 is 25.4 Å². The van der Waals surface area contributed by atoms with Crippen LogP contribution in [0.5, 0.6) is 11.5 Å². The SMILES string of the molecule is O=C(CCCNC(=O)NC1CCCCC1)NCc1ccc2c(c1)OCO2. The Hall–Kier alpha value is -2.44. The van der Waals surface area contributed by atoms with Gasteiger partial charge in [-0.2, -0.15) is 0 Å². The van der Waals surface area contributed by atoms with E-state index in [2.05, 4.69) is 16.0 Å². The van der Waals surface area contributed by atoms with Gasteiger partial charge in [-0.25, -0.2) is 4.79 Å². The van der Waals surface area contributed by atoms with Crippen LogP contribution in [0.25, 0.3) is 0 Å². The highest BCUT2D eigenvalue weighted by Crippen LogP contribution is 2.32. The molecule has 0 radical (unpaired) electrons. The molecular formula is C19H27N3O4. The first kappa shape index (κ1) is 18.4. The predicted octanol–water partition coefficient (Wildman–Crippen LogP) is 2.44. The molecule has 1 heterocycles. The molecule has 0 spiro atoms. The Morgan fingerprint density at radius 2 is 1.85 bits per heavy atom. The molecule has 3 N–H and O–H groups in total. The second-order valence-corrected chi connectivity index (χ2v) is 6.80. The minimum atomic E-state index is -0.127. The maximum Gasteiger partial charge on any atom is 0.315 e. The van der Waals surface area contributed by atoms with Gasteiger partial charge in [0.2, 0.25) is 12.7 Å². The summed E-state index contributed by atoms with van der Waals surface area (Å²) in [5, 5.41) is 8.71. The van der Waals surface area contributed by atoms with E-state index < -0.39 is 0 Å². The number of nitrogens with one attached hydrogen (secondary N) is 3. The monoisotopic (exact) mass is 361 g/mol. The standard InChI is InChI=1S/C19H27N3O4/c23-18(21-12-14-8-9-16-17(11-14)26-13-25-16)7-4-10-20-19(24)22-15-5-2-1-3-6-15/h8-9,11,15H,1-7,10,12-13H2,(H,21,23)(H2,20,22,24). The molecule has 1 aromatic rings. The molecule has 0 atom stereocenters. The van der Waals surface area contributed by atoms with E-state index in [9.17, 15) is 9.59 Å². The summed E-state index contributed by atoms with van der Waals surface area (Å²) in [6.45, 7) is 1.19. The van der Waals surface area contributed by atoms with E-state index in [4.69, 9.17) is 9.47 Å². The lowest BCUT2D eigenvalue weighted by Crippen LogP contribution is -2.43. The van der Waals surface area contributed by atoms with Gasteiger partial charge in [0.05, 0.1) is 0 Å². The molecule has 26 heavy (non-hydrogen) atoms. The van der Waals surface area contributed by atoms with Crippen molar-refractivity contribution in [1.82, 2.24) is 16.0 Å². The molecule has 1 fully saturated rings. The van der Waals surface area contributed by atoms with Crippen molar-refractivity contribution in [2.24, 2.45) is 0 Å².